The fourth-order valence-corrected chi connectivity index (χ4v) is 1.59. The summed E-state index contributed by atoms with van der Waals surface area (Å²) in [5, 5.41) is 20.9. The largest absolute Gasteiger partial charge is 0.466 e. The first-order valence-corrected chi connectivity index (χ1v) is 5.45. The van der Waals surface area contributed by atoms with Crippen molar-refractivity contribution in [3.8, 4) is 0 Å². The molecule has 0 spiro atoms. The molecule has 5 heteroatoms. The van der Waals surface area contributed by atoms with Crippen LogP contribution in [0.4, 0.5) is 0 Å². The second-order valence-electron chi connectivity index (χ2n) is 4.55. The topological polar surface area (TPSA) is 82.7 Å². The third-order valence-electron chi connectivity index (χ3n) is 2.90. The first-order chi connectivity index (χ1) is 7.84. The molecule has 0 aliphatic rings. The molecule has 0 bridgehead atoms. The summed E-state index contributed by atoms with van der Waals surface area (Å²) in [4.78, 5) is 12.0. The minimum Gasteiger partial charge on any atom is -0.466 e. The molecule has 1 rings (SSSR count). The van der Waals surface area contributed by atoms with E-state index in [1.54, 1.807) is 27.7 Å². The van der Waals surface area contributed by atoms with Crippen molar-refractivity contribution in [1.29, 1.82) is 0 Å². The number of furan rings is 1. The number of aliphatic hydroxyl groups is 2. The normalized spacial score (nSPS) is 11.6. The first-order valence-electron chi connectivity index (χ1n) is 5.45. The molecule has 0 radical (unpaired) electrons. The number of carbonyl (C=O) groups is 1. The zero-order valence-electron chi connectivity index (χ0n) is 10.6. The number of hydrogen-bond acceptors (Lipinski definition) is 4. The van der Waals surface area contributed by atoms with Crippen molar-refractivity contribution >= 4 is 5.91 Å². The number of aryl methyl sites for hydroxylation is 2. The van der Waals surface area contributed by atoms with Crippen LogP contribution in [0.3, 0.4) is 0 Å². The Hall–Kier alpha value is -1.33. The standard InChI is InChI=1S/C12H19NO4/c1-7-8(2)17-9(3)10(7)11(16)13-12(4,5-14)6-15/h14-15H,5-6H2,1-4H3,(H,13,16). The molecule has 0 saturated heterocycles. The predicted octanol–water partition coefficient (Wildman–Crippen LogP) is 0.678. The molecule has 1 amide bonds. The molecule has 0 aliphatic heterocycles. The molecule has 1 aromatic heterocycles. The molecular formula is C12H19NO4. The average Bonchev–Trinajstić information content (AvgIpc) is 2.53. The van der Waals surface area contributed by atoms with Gasteiger partial charge in [0, 0.05) is 5.56 Å². The van der Waals surface area contributed by atoms with Crippen molar-refractivity contribution in [1.82, 2.24) is 5.32 Å². The zero-order valence-corrected chi connectivity index (χ0v) is 10.6. The van der Waals surface area contributed by atoms with E-state index in [1.807, 2.05) is 0 Å². The second-order valence-corrected chi connectivity index (χ2v) is 4.55. The number of amides is 1. The third-order valence-corrected chi connectivity index (χ3v) is 2.90. The minimum absolute atomic E-state index is 0.329. The Morgan fingerprint density at radius 2 is 1.76 bits per heavy atom. The summed E-state index contributed by atoms with van der Waals surface area (Å²) in [6.45, 7) is 6.22. The maximum atomic E-state index is 12.0. The van der Waals surface area contributed by atoms with Gasteiger partial charge in [-0.1, -0.05) is 0 Å². The van der Waals surface area contributed by atoms with E-state index >= 15 is 0 Å². The van der Waals surface area contributed by atoms with Crippen LogP contribution in [0.25, 0.3) is 0 Å². The van der Waals surface area contributed by atoms with E-state index in [1.165, 1.54) is 0 Å². The molecule has 17 heavy (non-hydrogen) atoms. The molecule has 0 fully saturated rings. The van der Waals surface area contributed by atoms with Gasteiger partial charge in [0.2, 0.25) is 0 Å². The molecule has 0 unspecified atom stereocenters. The van der Waals surface area contributed by atoms with Gasteiger partial charge in [0.15, 0.2) is 0 Å². The molecule has 5 nitrogen and oxygen atoms in total. The maximum Gasteiger partial charge on any atom is 0.255 e. The van der Waals surface area contributed by atoms with Crippen molar-refractivity contribution in [3.05, 3.63) is 22.6 Å². The van der Waals surface area contributed by atoms with Crippen molar-refractivity contribution in [2.24, 2.45) is 0 Å². The Morgan fingerprint density at radius 3 is 2.12 bits per heavy atom. The summed E-state index contributed by atoms with van der Waals surface area (Å²) >= 11 is 0. The molecule has 96 valence electrons. The fraction of sp³-hybridized carbons (Fsp3) is 0.583. The van der Waals surface area contributed by atoms with Crippen LogP contribution >= 0.6 is 0 Å². The second kappa shape index (κ2) is 4.89. The highest BCUT2D eigenvalue weighted by Crippen LogP contribution is 2.21. The first kappa shape index (κ1) is 13.7. The van der Waals surface area contributed by atoms with Gasteiger partial charge in [0.1, 0.15) is 11.5 Å². The lowest BCUT2D eigenvalue weighted by Crippen LogP contribution is -2.51. The van der Waals surface area contributed by atoms with Gasteiger partial charge in [-0.15, -0.1) is 0 Å². The zero-order chi connectivity index (χ0) is 13.2. The van der Waals surface area contributed by atoms with Gasteiger partial charge in [0.05, 0.1) is 24.3 Å². The van der Waals surface area contributed by atoms with E-state index in [0.717, 1.165) is 5.56 Å². The Bertz CT molecular complexity index is 418. The van der Waals surface area contributed by atoms with Gasteiger partial charge in [-0.2, -0.15) is 0 Å². The van der Waals surface area contributed by atoms with E-state index in [9.17, 15) is 4.79 Å². The lowest BCUT2D eigenvalue weighted by molar-refractivity contribution is 0.0722. The smallest absolute Gasteiger partial charge is 0.255 e. The van der Waals surface area contributed by atoms with Crippen molar-refractivity contribution < 1.29 is 19.4 Å². The Kier molecular flexibility index (Phi) is 3.95. The summed E-state index contributed by atoms with van der Waals surface area (Å²) in [7, 11) is 0. The lowest BCUT2D eigenvalue weighted by atomic mass is 10.0. The van der Waals surface area contributed by atoms with Crippen LogP contribution in [-0.4, -0.2) is 34.9 Å². The van der Waals surface area contributed by atoms with Gasteiger partial charge < -0.3 is 19.9 Å². The van der Waals surface area contributed by atoms with Crippen LogP contribution in [0.15, 0.2) is 4.42 Å². The highest BCUT2D eigenvalue weighted by Gasteiger charge is 2.28. The predicted molar refractivity (Wildman–Crippen MR) is 63.0 cm³/mol. The van der Waals surface area contributed by atoms with Gasteiger partial charge >= 0.3 is 0 Å². The summed E-state index contributed by atoms with van der Waals surface area (Å²) < 4.78 is 5.36. The number of nitrogens with one attached hydrogen (secondary N) is 1. The van der Waals surface area contributed by atoms with E-state index in [0.29, 0.717) is 17.1 Å². The average molecular weight is 241 g/mol. The molecule has 1 aromatic rings. The van der Waals surface area contributed by atoms with Crippen LogP contribution in [0.2, 0.25) is 0 Å². The third kappa shape index (κ3) is 2.68. The quantitative estimate of drug-likeness (QED) is 0.724. The molecule has 3 N–H and O–H groups in total. The van der Waals surface area contributed by atoms with E-state index in [-0.39, 0.29) is 19.1 Å². The van der Waals surface area contributed by atoms with Gasteiger partial charge in [-0.05, 0) is 27.7 Å². The van der Waals surface area contributed by atoms with Crippen LogP contribution in [0.5, 0.6) is 0 Å². The monoisotopic (exact) mass is 241 g/mol. The van der Waals surface area contributed by atoms with Crippen LogP contribution in [-0.2, 0) is 0 Å². The molecule has 1 heterocycles. The van der Waals surface area contributed by atoms with Crippen LogP contribution in [0.1, 0.15) is 34.4 Å². The summed E-state index contributed by atoms with van der Waals surface area (Å²) in [5.74, 6) is 0.889. The summed E-state index contributed by atoms with van der Waals surface area (Å²) in [5.41, 5.74) is 0.218. The molecule has 0 saturated carbocycles. The highest BCUT2D eigenvalue weighted by molar-refractivity contribution is 5.97. The van der Waals surface area contributed by atoms with Crippen molar-refractivity contribution in [3.63, 3.8) is 0 Å². The molecule has 0 atom stereocenters. The lowest BCUT2D eigenvalue weighted by Gasteiger charge is -2.26. The van der Waals surface area contributed by atoms with E-state index in [4.69, 9.17) is 14.6 Å². The van der Waals surface area contributed by atoms with Gasteiger partial charge in [-0.25, -0.2) is 0 Å². The maximum absolute atomic E-state index is 12.0. The number of rotatable bonds is 4. The van der Waals surface area contributed by atoms with Crippen molar-refractivity contribution in [2.45, 2.75) is 33.2 Å². The number of hydrogen-bond donors (Lipinski definition) is 3. The van der Waals surface area contributed by atoms with E-state index < -0.39 is 5.54 Å². The number of carbonyl (C=O) groups excluding carboxylic acids is 1. The Morgan fingerprint density at radius 1 is 1.24 bits per heavy atom. The highest BCUT2D eigenvalue weighted by atomic mass is 16.3. The molecule has 0 aliphatic carbocycles. The van der Waals surface area contributed by atoms with E-state index in [2.05, 4.69) is 5.32 Å². The number of aliphatic hydroxyl groups excluding tert-OH is 2. The molecular weight excluding hydrogens is 222 g/mol. The minimum atomic E-state index is -1.03. The van der Waals surface area contributed by atoms with Crippen LogP contribution < -0.4 is 5.32 Å². The Balaban J connectivity index is 2.98. The molecule has 0 aromatic carbocycles. The Labute approximate surface area is 100 Å². The van der Waals surface area contributed by atoms with Gasteiger partial charge in [0.25, 0.3) is 5.91 Å². The van der Waals surface area contributed by atoms with Crippen LogP contribution in [0, 0.1) is 20.8 Å². The fourth-order valence-electron chi connectivity index (χ4n) is 1.59. The summed E-state index contributed by atoms with van der Waals surface area (Å²) in [6.07, 6.45) is 0. The SMILES string of the molecule is Cc1oc(C)c(C(=O)NC(C)(CO)CO)c1C. The van der Waals surface area contributed by atoms with Crippen molar-refractivity contribution in [2.75, 3.05) is 13.2 Å². The summed E-state index contributed by atoms with van der Waals surface area (Å²) in [6, 6.07) is 0. The van der Waals surface area contributed by atoms with Gasteiger partial charge in [-0.3, -0.25) is 4.79 Å².